The molecule has 1 aliphatic heterocycles. The van der Waals surface area contributed by atoms with Gasteiger partial charge in [-0.25, -0.2) is 0 Å². The van der Waals surface area contributed by atoms with Gasteiger partial charge in [-0.05, 0) is 27.2 Å². The Bertz CT molecular complexity index is 431. The molecule has 1 saturated heterocycles. The van der Waals surface area contributed by atoms with Crippen molar-refractivity contribution in [2.24, 2.45) is 0 Å². The highest BCUT2D eigenvalue weighted by Crippen LogP contribution is 2.12. The van der Waals surface area contributed by atoms with E-state index in [2.05, 4.69) is 15.8 Å². The molecule has 6 nitrogen and oxygen atoms in total. The largest absolute Gasteiger partial charge is 0.375 e. The van der Waals surface area contributed by atoms with Gasteiger partial charge in [-0.1, -0.05) is 5.16 Å². The molecule has 0 saturated carbocycles. The molecule has 2 rings (SSSR count). The molecule has 0 radical (unpaired) electrons. The molecule has 2 heterocycles. The van der Waals surface area contributed by atoms with Crippen molar-refractivity contribution < 1.29 is 14.1 Å². The maximum Gasteiger partial charge on any atom is 0.239 e. The summed E-state index contributed by atoms with van der Waals surface area (Å²) in [5, 5.41) is 9.99. The van der Waals surface area contributed by atoms with Gasteiger partial charge >= 0.3 is 0 Å². The number of amides is 1. The molecule has 114 valence electrons. The Labute approximate surface area is 125 Å². The number of carbonyl (C=O) groups is 1. The Morgan fingerprint density at radius 3 is 2.85 bits per heavy atom. The lowest BCUT2D eigenvalue weighted by Crippen LogP contribution is -2.55. The summed E-state index contributed by atoms with van der Waals surface area (Å²) in [5.41, 5.74) is 1.96. The average molecular weight is 304 g/mol. The van der Waals surface area contributed by atoms with Crippen molar-refractivity contribution in [2.45, 2.75) is 39.3 Å². The number of morpholine rings is 1. The van der Waals surface area contributed by atoms with Crippen LogP contribution in [0, 0.1) is 13.8 Å². The third kappa shape index (κ3) is 3.94. The van der Waals surface area contributed by atoms with Crippen LogP contribution in [0.25, 0.3) is 0 Å². The molecule has 1 aromatic rings. The smallest absolute Gasteiger partial charge is 0.239 e. The Morgan fingerprint density at radius 1 is 1.50 bits per heavy atom. The summed E-state index contributed by atoms with van der Waals surface area (Å²) in [5.74, 6) is 0.804. The van der Waals surface area contributed by atoms with E-state index in [-0.39, 0.29) is 30.5 Å². The van der Waals surface area contributed by atoms with Crippen molar-refractivity contribution in [1.82, 2.24) is 15.8 Å². The van der Waals surface area contributed by atoms with Gasteiger partial charge in [0.05, 0.1) is 18.4 Å². The van der Waals surface area contributed by atoms with Gasteiger partial charge in [-0.2, -0.15) is 0 Å². The highest BCUT2D eigenvalue weighted by molar-refractivity contribution is 5.85. The number of nitrogens with zero attached hydrogens (tertiary/aromatic N) is 1. The van der Waals surface area contributed by atoms with Crippen LogP contribution in [-0.4, -0.2) is 42.9 Å². The van der Waals surface area contributed by atoms with Crippen LogP contribution in [-0.2, 0) is 16.0 Å². The second-order valence-electron chi connectivity index (χ2n) is 4.85. The average Bonchev–Trinajstić information content (AvgIpc) is 2.70. The van der Waals surface area contributed by atoms with E-state index < -0.39 is 0 Å². The molecule has 1 aromatic heterocycles. The highest BCUT2D eigenvalue weighted by Gasteiger charge is 2.27. The van der Waals surface area contributed by atoms with E-state index in [0.29, 0.717) is 19.7 Å². The monoisotopic (exact) mass is 303 g/mol. The van der Waals surface area contributed by atoms with Crippen LogP contribution in [0.4, 0.5) is 0 Å². The van der Waals surface area contributed by atoms with Crippen LogP contribution >= 0.6 is 12.4 Å². The number of hydrogen-bond acceptors (Lipinski definition) is 5. The molecule has 0 spiro atoms. The summed E-state index contributed by atoms with van der Waals surface area (Å²) in [6.07, 6.45) is 0.641. The molecule has 0 aliphatic carbocycles. The second kappa shape index (κ2) is 7.61. The molecular formula is C13H22ClN3O3. The fourth-order valence-corrected chi connectivity index (χ4v) is 2.31. The lowest BCUT2D eigenvalue weighted by Gasteiger charge is -2.29. The first-order chi connectivity index (χ1) is 9.09. The number of aromatic nitrogens is 1. The topological polar surface area (TPSA) is 76.4 Å². The zero-order valence-electron chi connectivity index (χ0n) is 12.1. The van der Waals surface area contributed by atoms with E-state index in [0.717, 1.165) is 23.4 Å². The van der Waals surface area contributed by atoms with E-state index in [1.165, 1.54) is 0 Å². The quantitative estimate of drug-likeness (QED) is 0.858. The van der Waals surface area contributed by atoms with E-state index in [9.17, 15) is 4.79 Å². The van der Waals surface area contributed by atoms with Gasteiger partial charge in [0.2, 0.25) is 5.91 Å². The van der Waals surface area contributed by atoms with Crippen LogP contribution < -0.4 is 10.6 Å². The zero-order chi connectivity index (χ0) is 13.8. The van der Waals surface area contributed by atoms with Crippen LogP contribution in [0.1, 0.15) is 23.9 Å². The maximum absolute atomic E-state index is 12.0. The van der Waals surface area contributed by atoms with Gasteiger partial charge in [-0.15, -0.1) is 12.4 Å². The Morgan fingerprint density at radius 2 is 2.25 bits per heavy atom. The van der Waals surface area contributed by atoms with Gasteiger partial charge in [0, 0.05) is 18.7 Å². The van der Waals surface area contributed by atoms with Crippen molar-refractivity contribution in [3.63, 3.8) is 0 Å². The van der Waals surface area contributed by atoms with E-state index in [4.69, 9.17) is 9.26 Å². The number of nitrogens with one attached hydrogen (secondary N) is 2. The molecule has 1 amide bonds. The molecule has 2 N–H and O–H groups in total. The van der Waals surface area contributed by atoms with E-state index >= 15 is 0 Å². The number of aryl methyl sites for hydroxylation is 2. The minimum absolute atomic E-state index is 0. The third-order valence-corrected chi connectivity index (χ3v) is 3.45. The fraction of sp³-hybridized carbons (Fsp3) is 0.692. The lowest BCUT2D eigenvalue weighted by molar-refractivity contribution is -0.128. The van der Waals surface area contributed by atoms with Crippen LogP contribution in [0.5, 0.6) is 0 Å². The SMILES string of the molecule is Cc1noc(C)c1CCNC(=O)[C@H]1NCCO[C@@H]1C.Cl. The normalized spacial score (nSPS) is 22.1. The van der Waals surface area contributed by atoms with Crippen LogP contribution in [0.15, 0.2) is 4.52 Å². The van der Waals surface area contributed by atoms with Crippen LogP contribution in [0.2, 0.25) is 0 Å². The van der Waals surface area contributed by atoms with Gasteiger partial charge in [-0.3, -0.25) is 4.79 Å². The summed E-state index contributed by atoms with van der Waals surface area (Å²) in [4.78, 5) is 12.0. The molecule has 7 heteroatoms. The van der Waals surface area contributed by atoms with Gasteiger partial charge < -0.3 is 19.9 Å². The Kier molecular flexibility index (Phi) is 6.45. The Hall–Kier alpha value is -1.11. The van der Waals surface area contributed by atoms with E-state index in [1.807, 2.05) is 20.8 Å². The first-order valence-electron chi connectivity index (χ1n) is 6.64. The van der Waals surface area contributed by atoms with Gasteiger partial charge in [0.25, 0.3) is 0 Å². The summed E-state index contributed by atoms with van der Waals surface area (Å²) in [6.45, 7) is 7.65. The second-order valence-corrected chi connectivity index (χ2v) is 4.85. The molecule has 1 aliphatic rings. The molecule has 20 heavy (non-hydrogen) atoms. The van der Waals surface area contributed by atoms with Gasteiger partial charge in [0.15, 0.2) is 0 Å². The first-order valence-corrected chi connectivity index (χ1v) is 6.64. The van der Waals surface area contributed by atoms with Crippen molar-refractivity contribution >= 4 is 18.3 Å². The molecule has 0 bridgehead atoms. The first kappa shape index (κ1) is 16.9. The van der Waals surface area contributed by atoms with E-state index in [1.54, 1.807) is 0 Å². The molecule has 1 fully saturated rings. The number of ether oxygens (including phenoxy) is 1. The predicted molar refractivity (Wildman–Crippen MR) is 77.1 cm³/mol. The predicted octanol–water partition coefficient (Wildman–Crippen LogP) is 0.749. The molecular weight excluding hydrogens is 282 g/mol. The van der Waals surface area contributed by atoms with Crippen molar-refractivity contribution in [3.05, 3.63) is 17.0 Å². The number of halogens is 1. The minimum Gasteiger partial charge on any atom is -0.375 e. The van der Waals surface area contributed by atoms with Gasteiger partial charge in [0.1, 0.15) is 11.8 Å². The zero-order valence-corrected chi connectivity index (χ0v) is 12.9. The summed E-state index contributed by atoms with van der Waals surface area (Å²) in [6, 6.07) is -0.265. The standard InChI is InChI=1S/C13H21N3O3.ClH/c1-8-11(9(2)19-16-8)4-5-15-13(17)12-10(3)18-7-6-14-12;/h10,12,14H,4-7H2,1-3H3,(H,15,17);1H/t10-,12+;/m1./s1. The number of carbonyl (C=O) groups excluding carboxylic acids is 1. The summed E-state index contributed by atoms with van der Waals surface area (Å²) < 4.78 is 10.5. The van der Waals surface area contributed by atoms with Crippen LogP contribution in [0.3, 0.4) is 0 Å². The number of rotatable bonds is 4. The van der Waals surface area contributed by atoms with Crippen molar-refractivity contribution in [2.75, 3.05) is 19.7 Å². The summed E-state index contributed by atoms with van der Waals surface area (Å²) >= 11 is 0. The maximum atomic E-state index is 12.0. The fourth-order valence-electron chi connectivity index (χ4n) is 2.31. The number of hydrogen-bond donors (Lipinski definition) is 2. The molecule has 0 aromatic carbocycles. The minimum atomic E-state index is -0.265. The summed E-state index contributed by atoms with van der Waals surface area (Å²) in [7, 11) is 0. The molecule has 2 atom stereocenters. The highest BCUT2D eigenvalue weighted by atomic mass is 35.5. The Balaban J connectivity index is 0.00000200. The lowest BCUT2D eigenvalue weighted by atomic mass is 10.1. The molecule has 0 unspecified atom stereocenters. The van der Waals surface area contributed by atoms with Crippen molar-refractivity contribution in [1.29, 1.82) is 0 Å². The van der Waals surface area contributed by atoms with Crippen molar-refractivity contribution in [3.8, 4) is 0 Å². The third-order valence-electron chi connectivity index (χ3n) is 3.45.